The van der Waals surface area contributed by atoms with E-state index in [4.69, 9.17) is 0 Å². The van der Waals surface area contributed by atoms with Crippen molar-refractivity contribution >= 4 is 39.0 Å². The highest BCUT2D eigenvalue weighted by atomic mass is 79.9. The van der Waals surface area contributed by atoms with Crippen molar-refractivity contribution in [1.29, 1.82) is 0 Å². The van der Waals surface area contributed by atoms with Gasteiger partial charge in [-0.1, -0.05) is 52.4 Å². The van der Waals surface area contributed by atoms with Crippen LogP contribution in [0.25, 0.3) is 0 Å². The Kier molecular flexibility index (Phi) is 10.4. The number of hydrogen-bond acceptors (Lipinski definition) is 2. The SMILES string of the molecule is CCCCCCC(CCCC)CSc1c[c]sc1Br. The molecular formula is C16H26BrS2. The summed E-state index contributed by atoms with van der Waals surface area (Å²) in [5.41, 5.74) is 0. The average Bonchev–Trinajstić information content (AvgIpc) is 2.82. The quantitative estimate of drug-likeness (QED) is 0.297. The molecule has 0 fully saturated rings. The highest BCUT2D eigenvalue weighted by Crippen LogP contribution is 2.34. The Morgan fingerprint density at radius 2 is 1.89 bits per heavy atom. The largest absolute Gasteiger partial charge is 0.126 e. The molecule has 0 bridgehead atoms. The van der Waals surface area contributed by atoms with E-state index in [0.717, 1.165) is 5.92 Å². The summed E-state index contributed by atoms with van der Waals surface area (Å²) in [6, 6.07) is 2.12. The molecule has 1 radical (unpaired) electrons. The molecule has 0 saturated heterocycles. The monoisotopic (exact) mass is 361 g/mol. The Bertz CT molecular complexity index is 322. The summed E-state index contributed by atoms with van der Waals surface area (Å²) in [6.45, 7) is 4.58. The molecule has 0 aliphatic rings. The fraction of sp³-hybridized carbons (Fsp3) is 0.750. The zero-order valence-corrected chi connectivity index (χ0v) is 15.4. The van der Waals surface area contributed by atoms with Crippen LogP contribution in [0.4, 0.5) is 0 Å². The molecule has 1 atom stereocenters. The highest BCUT2D eigenvalue weighted by molar-refractivity contribution is 9.11. The Balaban J connectivity index is 2.29. The number of unbranched alkanes of at least 4 members (excludes halogenated alkanes) is 4. The summed E-state index contributed by atoms with van der Waals surface area (Å²) in [5, 5.41) is 3.20. The molecule has 0 aliphatic carbocycles. The minimum absolute atomic E-state index is 0.897. The van der Waals surface area contributed by atoms with Crippen LogP contribution in [0.3, 0.4) is 0 Å². The fourth-order valence-electron chi connectivity index (χ4n) is 2.21. The number of halogens is 1. The van der Waals surface area contributed by atoms with E-state index in [0.29, 0.717) is 0 Å². The first kappa shape index (κ1) is 17.6. The first-order valence-electron chi connectivity index (χ1n) is 7.56. The maximum absolute atomic E-state index is 3.61. The molecule has 1 unspecified atom stereocenters. The molecular weight excluding hydrogens is 336 g/mol. The fourth-order valence-corrected chi connectivity index (χ4v) is 4.77. The van der Waals surface area contributed by atoms with Crippen molar-refractivity contribution in [2.75, 3.05) is 5.75 Å². The van der Waals surface area contributed by atoms with E-state index in [-0.39, 0.29) is 0 Å². The summed E-state index contributed by atoms with van der Waals surface area (Å²) in [6.07, 6.45) is 11.1. The minimum Gasteiger partial charge on any atom is -0.126 e. The van der Waals surface area contributed by atoms with Crippen molar-refractivity contribution in [2.24, 2.45) is 5.92 Å². The van der Waals surface area contributed by atoms with Crippen LogP contribution in [0.1, 0.15) is 65.2 Å². The molecule has 0 N–H and O–H groups in total. The van der Waals surface area contributed by atoms with Gasteiger partial charge in [-0.2, -0.15) is 0 Å². The number of thioether (sulfide) groups is 1. The summed E-state index contributed by atoms with van der Waals surface area (Å²) in [4.78, 5) is 1.38. The van der Waals surface area contributed by atoms with E-state index in [1.165, 1.54) is 65.8 Å². The third-order valence-corrected chi connectivity index (χ3v) is 6.65. The molecule has 19 heavy (non-hydrogen) atoms. The van der Waals surface area contributed by atoms with Gasteiger partial charge in [0.25, 0.3) is 0 Å². The number of hydrogen-bond donors (Lipinski definition) is 0. The molecule has 0 amide bonds. The molecule has 1 aromatic heterocycles. The molecule has 109 valence electrons. The number of thiophene rings is 1. The molecule has 1 aromatic rings. The zero-order valence-electron chi connectivity index (χ0n) is 12.2. The second-order valence-corrected chi connectivity index (χ2v) is 8.40. The smallest absolute Gasteiger partial charge is 0.0840 e. The van der Waals surface area contributed by atoms with Crippen LogP contribution >= 0.6 is 39.0 Å². The lowest BCUT2D eigenvalue weighted by Crippen LogP contribution is -2.04. The van der Waals surface area contributed by atoms with Gasteiger partial charge in [0, 0.05) is 16.0 Å². The van der Waals surface area contributed by atoms with Crippen LogP contribution in [0.2, 0.25) is 0 Å². The lowest BCUT2D eigenvalue weighted by molar-refractivity contribution is 0.451. The van der Waals surface area contributed by atoms with Crippen LogP contribution in [0.15, 0.2) is 14.7 Å². The van der Waals surface area contributed by atoms with E-state index in [2.05, 4.69) is 41.2 Å². The van der Waals surface area contributed by atoms with E-state index in [9.17, 15) is 0 Å². The van der Waals surface area contributed by atoms with Crippen molar-refractivity contribution in [3.8, 4) is 0 Å². The van der Waals surface area contributed by atoms with Crippen molar-refractivity contribution in [3.63, 3.8) is 0 Å². The lowest BCUT2D eigenvalue weighted by atomic mass is 9.97. The van der Waals surface area contributed by atoms with Gasteiger partial charge in [0.05, 0.1) is 3.79 Å². The van der Waals surface area contributed by atoms with E-state index < -0.39 is 0 Å². The molecule has 0 nitrogen and oxygen atoms in total. The summed E-state index contributed by atoms with van der Waals surface area (Å²) >= 11 is 7.29. The normalized spacial score (nSPS) is 12.8. The molecule has 0 aliphatic heterocycles. The Morgan fingerprint density at radius 3 is 2.53 bits per heavy atom. The second-order valence-electron chi connectivity index (χ2n) is 5.17. The Morgan fingerprint density at radius 1 is 1.16 bits per heavy atom. The third kappa shape index (κ3) is 7.77. The van der Waals surface area contributed by atoms with Crippen LogP contribution in [0, 0.1) is 11.3 Å². The summed E-state index contributed by atoms with van der Waals surface area (Å²) < 4.78 is 1.25. The van der Waals surface area contributed by atoms with Gasteiger partial charge in [-0.3, -0.25) is 0 Å². The molecule has 1 rings (SSSR count). The lowest BCUT2D eigenvalue weighted by Gasteiger charge is -2.16. The first-order chi connectivity index (χ1) is 9.27. The van der Waals surface area contributed by atoms with Crippen LogP contribution < -0.4 is 0 Å². The van der Waals surface area contributed by atoms with Gasteiger partial charge in [-0.25, -0.2) is 0 Å². The minimum atomic E-state index is 0.897. The standard InChI is InChI=1S/C16H26BrS2/c1-3-5-7-8-10-14(9-6-4-2)13-19-15-11-12-18-16(15)17/h11,14H,3-10,13H2,1-2H3. The van der Waals surface area contributed by atoms with Gasteiger partial charge < -0.3 is 0 Å². The Hall–Kier alpha value is 0.530. The number of rotatable bonds is 11. The highest BCUT2D eigenvalue weighted by Gasteiger charge is 2.10. The van der Waals surface area contributed by atoms with Crippen LogP contribution in [0.5, 0.6) is 0 Å². The van der Waals surface area contributed by atoms with Crippen LogP contribution in [-0.4, -0.2) is 5.75 Å². The van der Waals surface area contributed by atoms with Crippen molar-refractivity contribution in [3.05, 3.63) is 15.2 Å². The zero-order chi connectivity index (χ0) is 13.9. The van der Waals surface area contributed by atoms with E-state index in [1.54, 1.807) is 11.3 Å². The van der Waals surface area contributed by atoms with Gasteiger partial charge in [0.15, 0.2) is 0 Å². The van der Waals surface area contributed by atoms with Gasteiger partial charge in [0.1, 0.15) is 0 Å². The van der Waals surface area contributed by atoms with E-state index in [1.807, 2.05) is 11.8 Å². The van der Waals surface area contributed by atoms with Crippen LogP contribution in [-0.2, 0) is 0 Å². The van der Waals surface area contributed by atoms with Gasteiger partial charge in [-0.15, -0.1) is 23.1 Å². The van der Waals surface area contributed by atoms with E-state index >= 15 is 0 Å². The predicted octanol–water partition coefficient (Wildman–Crippen LogP) is 7.18. The molecule has 0 spiro atoms. The van der Waals surface area contributed by atoms with Gasteiger partial charge in [0.2, 0.25) is 0 Å². The molecule has 1 heterocycles. The van der Waals surface area contributed by atoms with Crippen molar-refractivity contribution in [2.45, 2.75) is 70.1 Å². The van der Waals surface area contributed by atoms with Crippen molar-refractivity contribution in [1.82, 2.24) is 0 Å². The third-order valence-electron chi connectivity index (χ3n) is 3.44. The second kappa shape index (κ2) is 11.2. The van der Waals surface area contributed by atoms with Gasteiger partial charge in [-0.05, 0) is 40.8 Å². The first-order valence-corrected chi connectivity index (χ1v) is 10.2. The van der Waals surface area contributed by atoms with Gasteiger partial charge >= 0.3 is 0 Å². The molecule has 0 aromatic carbocycles. The topological polar surface area (TPSA) is 0 Å². The maximum Gasteiger partial charge on any atom is 0.0840 e. The average molecular weight is 362 g/mol. The molecule has 3 heteroatoms. The maximum atomic E-state index is 3.61. The molecule has 0 saturated carbocycles. The predicted molar refractivity (Wildman–Crippen MR) is 93.4 cm³/mol. The Labute approximate surface area is 135 Å². The summed E-state index contributed by atoms with van der Waals surface area (Å²) in [7, 11) is 0. The summed E-state index contributed by atoms with van der Waals surface area (Å²) in [5.74, 6) is 2.17. The van der Waals surface area contributed by atoms with Crippen molar-refractivity contribution < 1.29 is 0 Å².